The van der Waals surface area contributed by atoms with Gasteiger partial charge in [0.25, 0.3) is 0 Å². The Hall–Kier alpha value is -3.73. The molecule has 1 aromatic rings. The Kier molecular flexibility index (Phi) is 25.7. The Bertz CT molecular complexity index is 966. The van der Waals surface area contributed by atoms with Gasteiger partial charge in [0.1, 0.15) is 25.1 Å². The van der Waals surface area contributed by atoms with Crippen LogP contribution in [0.1, 0.15) is 46.6 Å². The minimum atomic E-state index is -1.00. The number of likely N-dealkylation sites (N-methyl/N-ethyl adjacent to an activating group) is 1. The van der Waals surface area contributed by atoms with Crippen molar-refractivity contribution in [1.29, 1.82) is 0 Å². The number of aromatic hydroxyl groups is 1. The molecule has 1 amide bonds. The normalized spacial score (nSPS) is 9.98. The molecule has 10 heteroatoms. The summed E-state index contributed by atoms with van der Waals surface area (Å²) in [6.07, 6.45) is -0.0210. The zero-order chi connectivity index (χ0) is 32.5. The molecule has 0 saturated heterocycles. The van der Waals surface area contributed by atoms with Gasteiger partial charge >= 0.3 is 11.9 Å². The van der Waals surface area contributed by atoms with Gasteiger partial charge in [-0.05, 0) is 51.8 Å². The number of phenolic OH excluding ortho intramolecular Hbond substituents is 1. The van der Waals surface area contributed by atoms with E-state index in [9.17, 15) is 14.4 Å². The van der Waals surface area contributed by atoms with E-state index in [1.54, 1.807) is 40.1 Å². The second-order valence-corrected chi connectivity index (χ2v) is 9.05. The lowest BCUT2D eigenvalue weighted by molar-refractivity contribution is -0.142. The lowest BCUT2D eigenvalue weighted by atomic mass is 10.1. The number of hydrogen-bond donors (Lipinski definition) is 3. The van der Waals surface area contributed by atoms with Crippen LogP contribution in [0, 0.1) is 0 Å². The van der Waals surface area contributed by atoms with Gasteiger partial charge in [-0.1, -0.05) is 50.9 Å². The molecule has 41 heavy (non-hydrogen) atoms. The predicted molar refractivity (Wildman–Crippen MR) is 162 cm³/mol. The molecule has 1 rings (SSSR count). The zero-order valence-electron chi connectivity index (χ0n) is 25.7. The van der Waals surface area contributed by atoms with Crippen molar-refractivity contribution in [3.05, 3.63) is 72.9 Å². The van der Waals surface area contributed by atoms with Crippen molar-refractivity contribution in [2.45, 2.75) is 47.1 Å². The highest BCUT2D eigenvalue weighted by atomic mass is 16.6. The first-order chi connectivity index (χ1) is 19.0. The van der Waals surface area contributed by atoms with Crippen LogP contribution in [-0.4, -0.2) is 91.3 Å². The fourth-order valence-electron chi connectivity index (χ4n) is 2.04. The van der Waals surface area contributed by atoms with Crippen LogP contribution in [0.4, 0.5) is 0 Å². The lowest BCUT2D eigenvalue weighted by Crippen LogP contribution is -2.22. The summed E-state index contributed by atoms with van der Waals surface area (Å²) < 4.78 is 14.4. The molecule has 1 aromatic carbocycles. The van der Waals surface area contributed by atoms with Crippen LogP contribution in [0.3, 0.4) is 0 Å². The van der Waals surface area contributed by atoms with Crippen LogP contribution < -0.4 is 0 Å². The third-order valence-electron chi connectivity index (χ3n) is 4.26. The topological polar surface area (TPSA) is 143 Å². The van der Waals surface area contributed by atoms with E-state index in [0.717, 1.165) is 17.6 Å². The number of phenols is 1. The van der Waals surface area contributed by atoms with E-state index < -0.39 is 18.7 Å². The maximum atomic E-state index is 10.8. The van der Waals surface area contributed by atoms with E-state index in [1.165, 1.54) is 11.8 Å². The lowest BCUT2D eigenvalue weighted by Gasteiger charge is -2.07. The van der Waals surface area contributed by atoms with Crippen LogP contribution in [0.5, 0.6) is 5.75 Å². The second-order valence-electron chi connectivity index (χ2n) is 9.05. The molecule has 1 atom stereocenters. The number of hydrogen-bond acceptors (Lipinski definition) is 9. The molecule has 0 saturated carbocycles. The maximum absolute atomic E-state index is 10.8. The molecular formula is C31H49NO9. The number of amides is 1. The Morgan fingerprint density at radius 3 is 1.66 bits per heavy atom. The number of nitrogens with zero attached hydrogens (tertiary/aromatic N) is 1. The first-order valence-electron chi connectivity index (χ1n) is 12.9. The Labute approximate surface area is 245 Å². The highest BCUT2D eigenvalue weighted by Gasteiger charge is 2.07. The van der Waals surface area contributed by atoms with E-state index in [-0.39, 0.29) is 24.1 Å². The summed E-state index contributed by atoms with van der Waals surface area (Å²) in [4.78, 5) is 33.6. The monoisotopic (exact) mass is 579 g/mol. The third kappa shape index (κ3) is 26.3. The largest absolute Gasteiger partial charge is 0.508 e. The van der Waals surface area contributed by atoms with Gasteiger partial charge in [-0.15, -0.1) is 0 Å². The predicted octanol–water partition coefficient (Wildman–Crippen LogP) is 4.07. The zero-order valence-corrected chi connectivity index (χ0v) is 25.7. The molecule has 10 nitrogen and oxygen atoms in total. The van der Waals surface area contributed by atoms with Crippen LogP contribution in [0.25, 0.3) is 5.57 Å². The maximum Gasteiger partial charge on any atom is 0.333 e. The van der Waals surface area contributed by atoms with Gasteiger partial charge in [-0.2, -0.15) is 0 Å². The fourth-order valence-corrected chi connectivity index (χ4v) is 2.04. The van der Waals surface area contributed by atoms with Crippen molar-refractivity contribution in [3.63, 3.8) is 0 Å². The van der Waals surface area contributed by atoms with Crippen molar-refractivity contribution < 1.29 is 43.9 Å². The number of allylic oxidation sites excluding steroid dienone is 1. The van der Waals surface area contributed by atoms with Gasteiger partial charge in [-0.25, -0.2) is 9.59 Å². The number of rotatable bonds is 12. The van der Waals surface area contributed by atoms with Gasteiger partial charge in [-0.3, -0.25) is 4.79 Å². The van der Waals surface area contributed by atoms with Gasteiger partial charge in [0.05, 0.1) is 13.2 Å². The average Bonchev–Trinajstić information content (AvgIpc) is 2.91. The van der Waals surface area contributed by atoms with Crippen molar-refractivity contribution in [2.75, 3.05) is 47.1 Å². The molecule has 232 valence electrons. The quantitative estimate of drug-likeness (QED) is 0.190. The molecule has 0 aliphatic carbocycles. The van der Waals surface area contributed by atoms with E-state index in [4.69, 9.17) is 24.8 Å². The first-order valence-corrected chi connectivity index (χ1v) is 12.9. The molecule has 0 aliphatic heterocycles. The van der Waals surface area contributed by atoms with Crippen molar-refractivity contribution >= 4 is 23.4 Å². The number of aliphatic hydroxyl groups excluding tert-OH is 2. The summed E-state index contributed by atoms with van der Waals surface area (Å²) in [6, 6.07) is 7.00. The summed E-state index contributed by atoms with van der Waals surface area (Å²) in [5, 5.41) is 26.0. The minimum Gasteiger partial charge on any atom is -0.508 e. The van der Waals surface area contributed by atoms with Crippen molar-refractivity contribution in [1.82, 2.24) is 4.90 Å². The van der Waals surface area contributed by atoms with Crippen LogP contribution in [0.2, 0.25) is 0 Å². The Morgan fingerprint density at radius 1 is 0.829 bits per heavy atom. The highest BCUT2D eigenvalue weighted by molar-refractivity contribution is 5.91. The SMILES string of the molecule is C=C(C)C(=O)N(C)C.C=C(C)C(=O)OCC(O)CO.C=C(C)C(=O)OCCOCCC.C=C(C)c1ccc(O)cc1. The van der Waals surface area contributed by atoms with Gasteiger partial charge in [0, 0.05) is 37.4 Å². The molecule has 0 aromatic heterocycles. The number of benzene rings is 1. The van der Waals surface area contributed by atoms with Crippen LogP contribution >= 0.6 is 0 Å². The van der Waals surface area contributed by atoms with Gasteiger partial charge in [0.15, 0.2) is 0 Å². The Morgan fingerprint density at radius 2 is 1.32 bits per heavy atom. The van der Waals surface area contributed by atoms with Crippen molar-refractivity contribution in [3.8, 4) is 5.75 Å². The first kappa shape index (κ1) is 41.7. The second kappa shape index (κ2) is 25.3. The number of esters is 2. The van der Waals surface area contributed by atoms with Crippen molar-refractivity contribution in [2.24, 2.45) is 0 Å². The molecule has 0 spiro atoms. The Balaban J connectivity index is -0.000000474. The van der Waals surface area contributed by atoms with Gasteiger partial charge < -0.3 is 34.4 Å². The molecule has 0 radical (unpaired) electrons. The summed E-state index contributed by atoms with van der Waals surface area (Å²) in [5.41, 5.74) is 3.36. The smallest absolute Gasteiger partial charge is 0.333 e. The average molecular weight is 580 g/mol. The molecule has 0 aliphatic rings. The van der Waals surface area contributed by atoms with E-state index >= 15 is 0 Å². The minimum absolute atomic E-state index is 0.00926. The molecule has 0 fully saturated rings. The summed E-state index contributed by atoms with van der Waals surface area (Å²) >= 11 is 0. The third-order valence-corrected chi connectivity index (χ3v) is 4.26. The van der Waals surface area contributed by atoms with E-state index in [0.29, 0.717) is 36.7 Å². The molecular weight excluding hydrogens is 530 g/mol. The number of carbonyl (C=O) groups is 3. The molecule has 0 heterocycles. The summed E-state index contributed by atoms with van der Waals surface area (Å²) in [7, 11) is 3.41. The van der Waals surface area contributed by atoms with E-state index in [1.807, 2.05) is 26.0 Å². The summed E-state index contributed by atoms with van der Waals surface area (Å²) in [6.45, 7) is 23.7. The van der Waals surface area contributed by atoms with E-state index in [2.05, 4.69) is 31.1 Å². The number of ether oxygens (including phenoxy) is 3. The van der Waals surface area contributed by atoms with Crippen LogP contribution in [0.15, 0.2) is 67.3 Å². The number of aliphatic hydroxyl groups is 2. The standard InChI is InChI=1S/C9H16O3.C9H10O.C7H12O4.C6H11NO/c1-4-5-11-6-7-12-9(10)8(2)3;1-7(2)8-3-5-9(10)6-4-8;1-5(2)7(10)11-4-6(9)3-8;1-5(2)6(8)7(3)4/h2,4-7H2,1,3H3;3-6,10H,1H2,2H3;6,8-9H,1,3-4H2,2H3;1H2,2-4H3. The number of carbonyl (C=O) groups excluding carboxylic acids is 3. The van der Waals surface area contributed by atoms with Crippen LogP contribution in [-0.2, 0) is 28.6 Å². The summed E-state index contributed by atoms with van der Waals surface area (Å²) in [5.74, 6) is -0.623. The van der Waals surface area contributed by atoms with Gasteiger partial charge in [0.2, 0.25) is 5.91 Å². The fraction of sp³-hybridized carbons (Fsp3) is 0.452. The molecule has 0 bridgehead atoms. The molecule has 3 N–H and O–H groups in total. The molecule has 1 unspecified atom stereocenters. The highest BCUT2D eigenvalue weighted by Crippen LogP contribution is 2.15.